The van der Waals surface area contributed by atoms with Gasteiger partial charge in [-0.05, 0) is 55.1 Å². The molecule has 0 radical (unpaired) electrons. The number of pyridine rings is 1. The molecule has 1 aliphatic heterocycles. The van der Waals surface area contributed by atoms with Gasteiger partial charge in [0, 0.05) is 44.0 Å². The molecule has 4 aromatic rings. The third-order valence-corrected chi connectivity index (χ3v) is 5.83. The number of rotatable bonds is 6. The van der Waals surface area contributed by atoms with Crippen LogP contribution in [0.25, 0.3) is 23.0 Å². The Bertz CT molecular complexity index is 1430. The van der Waals surface area contributed by atoms with Crippen molar-refractivity contribution < 1.29 is 22.4 Å². The number of anilines is 1. The van der Waals surface area contributed by atoms with E-state index in [-0.39, 0.29) is 35.3 Å². The maximum atomic E-state index is 12.5. The predicted octanol–water partition coefficient (Wildman–Crippen LogP) is 3.05. The summed E-state index contributed by atoms with van der Waals surface area (Å²) in [5, 5.41) is 8.25. The minimum atomic E-state index is -4.78. The van der Waals surface area contributed by atoms with Crippen molar-refractivity contribution in [1.29, 1.82) is 0 Å². The van der Waals surface area contributed by atoms with Crippen molar-refractivity contribution in [3.63, 3.8) is 0 Å². The Morgan fingerprint density at radius 3 is 2.51 bits per heavy atom. The highest BCUT2D eigenvalue weighted by Crippen LogP contribution is 2.26. The molecule has 37 heavy (non-hydrogen) atoms. The number of hydrogen-bond donors (Lipinski definition) is 0. The first kappa shape index (κ1) is 24.4. The quantitative estimate of drug-likeness (QED) is 0.385. The van der Waals surface area contributed by atoms with Crippen LogP contribution in [0.15, 0.2) is 64.0 Å². The summed E-state index contributed by atoms with van der Waals surface area (Å²) in [4.78, 5) is 25.7. The smallest absolute Gasteiger partial charge is 0.406 e. The molecular formula is C24H22F3N7O3. The van der Waals surface area contributed by atoms with E-state index in [0.29, 0.717) is 5.56 Å². The van der Waals surface area contributed by atoms with Crippen molar-refractivity contribution in [3.8, 4) is 28.7 Å². The van der Waals surface area contributed by atoms with E-state index in [0.717, 1.165) is 49.7 Å². The molecule has 0 unspecified atom stereocenters. The molecular weight excluding hydrogens is 491 g/mol. The van der Waals surface area contributed by atoms with E-state index in [1.54, 1.807) is 6.20 Å². The van der Waals surface area contributed by atoms with Gasteiger partial charge in [-0.15, -0.1) is 13.2 Å². The van der Waals surface area contributed by atoms with Crippen LogP contribution in [0.5, 0.6) is 5.75 Å². The highest BCUT2D eigenvalue weighted by atomic mass is 19.4. The second-order valence-electron chi connectivity index (χ2n) is 8.52. The fraction of sp³-hybridized carbons (Fsp3) is 0.292. The lowest BCUT2D eigenvalue weighted by Crippen LogP contribution is -2.44. The Morgan fingerprint density at radius 2 is 1.78 bits per heavy atom. The molecule has 1 fully saturated rings. The van der Waals surface area contributed by atoms with Crippen molar-refractivity contribution in [1.82, 2.24) is 29.8 Å². The van der Waals surface area contributed by atoms with Crippen LogP contribution in [0.4, 0.5) is 19.0 Å². The zero-order valence-corrected chi connectivity index (χ0v) is 19.7. The van der Waals surface area contributed by atoms with Gasteiger partial charge in [0.2, 0.25) is 5.82 Å². The van der Waals surface area contributed by atoms with Crippen LogP contribution >= 0.6 is 0 Å². The second-order valence-corrected chi connectivity index (χ2v) is 8.52. The zero-order chi connectivity index (χ0) is 26.0. The molecule has 0 amide bonds. The van der Waals surface area contributed by atoms with Crippen LogP contribution < -0.4 is 15.2 Å². The molecule has 1 saturated heterocycles. The fourth-order valence-corrected chi connectivity index (χ4v) is 3.87. The van der Waals surface area contributed by atoms with Gasteiger partial charge < -0.3 is 19.1 Å². The minimum absolute atomic E-state index is 0.0622. The summed E-state index contributed by atoms with van der Waals surface area (Å²) >= 11 is 0. The van der Waals surface area contributed by atoms with E-state index in [2.05, 4.69) is 41.8 Å². The van der Waals surface area contributed by atoms with Gasteiger partial charge in [-0.3, -0.25) is 4.79 Å². The first-order valence-electron chi connectivity index (χ1n) is 11.4. The highest BCUT2D eigenvalue weighted by Gasteiger charge is 2.31. The molecule has 10 nitrogen and oxygen atoms in total. The SMILES string of the molecule is CN1CCN(c2cc(Cn3nc(-c4nc(-c5ccc(OC(F)(F)F)cc5)no4)ccc3=O)ccn2)CC1. The van der Waals surface area contributed by atoms with Crippen molar-refractivity contribution in [3.05, 3.63) is 70.6 Å². The van der Waals surface area contributed by atoms with Crippen LogP contribution in [-0.4, -0.2) is 69.4 Å². The van der Waals surface area contributed by atoms with E-state index < -0.39 is 6.36 Å². The Morgan fingerprint density at radius 1 is 1.03 bits per heavy atom. The van der Waals surface area contributed by atoms with Gasteiger partial charge >= 0.3 is 6.36 Å². The van der Waals surface area contributed by atoms with Crippen LogP contribution in [-0.2, 0) is 6.54 Å². The summed E-state index contributed by atoms with van der Waals surface area (Å²) in [6.45, 7) is 3.87. The summed E-state index contributed by atoms with van der Waals surface area (Å²) in [5.74, 6) is 0.704. The molecule has 192 valence electrons. The third kappa shape index (κ3) is 5.94. The lowest BCUT2D eigenvalue weighted by molar-refractivity contribution is -0.274. The molecule has 0 atom stereocenters. The van der Waals surface area contributed by atoms with Crippen LogP contribution in [0.3, 0.4) is 0 Å². The summed E-state index contributed by atoms with van der Waals surface area (Å²) < 4.78 is 47.6. The minimum Gasteiger partial charge on any atom is -0.406 e. The van der Waals surface area contributed by atoms with Gasteiger partial charge in [0.25, 0.3) is 11.4 Å². The largest absolute Gasteiger partial charge is 0.573 e. The van der Waals surface area contributed by atoms with Crippen LogP contribution in [0, 0.1) is 0 Å². The highest BCUT2D eigenvalue weighted by molar-refractivity contribution is 5.58. The number of piperazine rings is 1. The van der Waals surface area contributed by atoms with Crippen molar-refractivity contribution >= 4 is 5.82 Å². The van der Waals surface area contributed by atoms with Gasteiger partial charge in [0.15, 0.2) is 0 Å². The number of ether oxygens (including phenoxy) is 1. The molecule has 1 aromatic carbocycles. The van der Waals surface area contributed by atoms with Gasteiger partial charge in [0.05, 0.1) is 6.54 Å². The van der Waals surface area contributed by atoms with E-state index in [1.165, 1.54) is 28.9 Å². The van der Waals surface area contributed by atoms with Crippen LogP contribution in [0.2, 0.25) is 0 Å². The van der Waals surface area contributed by atoms with Crippen molar-refractivity contribution in [2.45, 2.75) is 12.9 Å². The summed E-state index contributed by atoms with van der Waals surface area (Å²) in [7, 11) is 2.09. The molecule has 1 aliphatic rings. The van der Waals surface area contributed by atoms with Gasteiger partial charge in [-0.1, -0.05) is 5.16 Å². The normalized spacial score (nSPS) is 14.6. The number of halogens is 3. The second kappa shape index (κ2) is 10.0. The van der Waals surface area contributed by atoms with E-state index in [1.807, 2.05) is 12.1 Å². The van der Waals surface area contributed by atoms with Crippen molar-refractivity contribution in [2.24, 2.45) is 0 Å². The number of aromatic nitrogens is 5. The Hall–Kier alpha value is -4.26. The number of hydrogen-bond acceptors (Lipinski definition) is 9. The van der Waals surface area contributed by atoms with E-state index >= 15 is 0 Å². The monoisotopic (exact) mass is 513 g/mol. The molecule has 0 spiro atoms. The molecule has 4 heterocycles. The maximum absolute atomic E-state index is 12.5. The first-order valence-corrected chi connectivity index (χ1v) is 11.4. The van der Waals surface area contributed by atoms with Gasteiger partial charge in [0.1, 0.15) is 17.3 Å². The summed E-state index contributed by atoms with van der Waals surface area (Å²) in [6.07, 6.45) is -3.06. The predicted molar refractivity (Wildman–Crippen MR) is 127 cm³/mol. The van der Waals surface area contributed by atoms with E-state index in [9.17, 15) is 18.0 Å². The van der Waals surface area contributed by atoms with Gasteiger partial charge in [-0.2, -0.15) is 10.1 Å². The van der Waals surface area contributed by atoms with E-state index in [4.69, 9.17) is 4.52 Å². The average Bonchev–Trinajstić information content (AvgIpc) is 3.36. The maximum Gasteiger partial charge on any atom is 0.573 e. The Balaban J connectivity index is 1.33. The number of nitrogens with zero attached hydrogens (tertiary/aromatic N) is 7. The topological polar surface area (TPSA) is 102 Å². The third-order valence-electron chi connectivity index (χ3n) is 5.83. The molecule has 3 aromatic heterocycles. The number of alkyl halides is 3. The molecule has 0 aliphatic carbocycles. The average molecular weight is 513 g/mol. The molecule has 0 N–H and O–H groups in total. The standard InChI is InChI=1S/C24H22F3N7O3/c1-32-10-12-33(13-11-32)20-14-16(8-9-28-20)15-34-21(35)7-6-19(30-34)23-29-22(31-37-23)17-2-4-18(5-3-17)36-24(25,26)27/h2-9,14H,10-13,15H2,1H3. The first-order chi connectivity index (χ1) is 17.7. The molecule has 5 rings (SSSR count). The summed E-state index contributed by atoms with van der Waals surface area (Å²) in [6, 6.07) is 11.7. The van der Waals surface area contributed by atoms with Crippen LogP contribution in [0.1, 0.15) is 5.56 Å². The lowest BCUT2D eigenvalue weighted by atomic mass is 10.2. The summed E-state index contributed by atoms with van der Waals surface area (Å²) in [5.41, 5.74) is 1.26. The molecule has 13 heteroatoms. The van der Waals surface area contributed by atoms with Gasteiger partial charge in [-0.25, -0.2) is 9.67 Å². The van der Waals surface area contributed by atoms with Crippen molar-refractivity contribution in [2.75, 3.05) is 38.1 Å². The zero-order valence-electron chi connectivity index (χ0n) is 19.7. The number of benzene rings is 1. The lowest BCUT2D eigenvalue weighted by Gasteiger charge is -2.33. The number of likely N-dealkylation sites (N-methyl/N-ethyl adjacent to an activating group) is 1. The molecule has 0 bridgehead atoms. The molecule has 0 saturated carbocycles. The Labute approximate surface area is 208 Å². The Kier molecular flexibility index (Phi) is 6.61. The fourth-order valence-electron chi connectivity index (χ4n) is 3.87.